The summed E-state index contributed by atoms with van der Waals surface area (Å²) >= 11 is 0. The van der Waals surface area contributed by atoms with Crippen LogP contribution >= 0.6 is 0 Å². The van der Waals surface area contributed by atoms with Crippen molar-refractivity contribution in [3.8, 4) is 0 Å². The lowest BCUT2D eigenvalue weighted by molar-refractivity contribution is 0.00334. The molecule has 140 valence electrons. The zero-order valence-corrected chi connectivity index (χ0v) is 15.5. The first kappa shape index (κ1) is 16.9. The first-order valence-corrected chi connectivity index (χ1v) is 9.97. The molecule has 1 N–H and O–H groups in total. The van der Waals surface area contributed by atoms with Crippen LogP contribution in [0.1, 0.15) is 36.4 Å². The van der Waals surface area contributed by atoms with Crippen molar-refractivity contribution in [3.63, 3.8) is 0 Å². The molecule has 2 aromatic rings. The van der Waals surface area contributed by atoms with Crippen LogP contribution in [0.25, 0.3) is 0 Å². The highest BCUT2D eigenvalue weighted by Crippen LogP contribution is 2.53. The van der Waals surface area contributed by atoms with Gasteiger partial charge in [-0.2, -0.15) is 0 Å². The van der Waals surface area contributed by atoms with Crippen molar-refractivity contribution >= 4 is 5.82 Å². The normalized spacial score (nSPS) is 27.1. The lowest BCUT2D eigenvalue weighted by Gasteiger charge is -2.44. The number of aliphatic hydroxyl groups excluding tert-OH is 1. The van der Waals surface area contributed by atoms with Crippen LogP contribution in [0.3, 0.4) is 0 Å². The van der Waals surface area contributed by atoms with Crippen molar-refractivity contribution in [2.75, 3.05) is 31.1 Å². The molecule has 3 aliphatic rings. The molecule has 0 unspecified atom stereocenters. The third-order valence-corrected chi connectivity index (χ3v) is 6.69. The lowest BCUT2D eigenvalue weighted by atomic mass is 9.72. The number of fused-ring (bicyclic) bond motifs is 2. The number of aromatic nitrogens is 2. The van der Waals surface area contributed by atoms with Crippen LogP contribution in [0.2, 0.25) is 0 Å². The van der Waals surface area contributed by atoms with E-state index in [4.69, 9.17) is 0 Å². The van der Waals surface area contributed by atoms with Crippen LogP contribution in [0.4, 0.5) is 5.82 Å². The summed E-state index contributed by atoms with van der Waals surface area (Å²) in [5.74, 6) is 0.936. The monoisotopic (exact) mass is 362 g/mol. The molecule has 1 spiro atoms. The fourth-order valence-corrected chi connectivity index (χ4v) is 5.30. The minimum atomic E-state index is -0.356. The highest BCUT2D eigenvalue weighted by molar-refractivity contribution is 5.47. The van der Waals surface area contributed by atoms with Crippen LogP contribution in [0.15, 0.2) is 55.0 Å². The third-order valence-electron chi connectivity index (χ3n) is 6.69. The van der Waals surface area contributed by atoms with E-state index < -0.39 is 0 Å². The molecule has 5 heteroatoms. The van der Waals surface area contributed by atoms with Gasteiger partial charge in [0.1, 0.15) is 5.82 Å². The molecule has 0 radical (unpaired) electrons. The SMILES string of the molecule is O[C@@H]1[C@@H](N2CC=CCC2)c2ccccc2C12CCN(c1cnccn1)CC2. The Morgan fingerprint density at radius 3 is 2.63 bits per heavy atom. The van der Waals surface area contributed by atoms with E-state index in [1.165, 1.54) is 11.1 Å². The van der Waals surface area contributed by atoms with Gasteiger partial charge in [0.05, 0.1) is 18.3 Å². The predicted molar refractivity (Wildman–Crippen MR) is 106 cm³/mol. The Labute approximate surface area is 160 Å². The molecular weight excluding hydrogens is 336 g/mol. The Morgan fingerprint density at radius 1 is 1.04 bits per heavy atom. The summed E-state index contributed by atoms with van der Waals surface area (Å²) in [6.07, 6.45) is 12.4. The molecule has 5 rings (SSSR count). The van der Waals surface area contributed by atoms with Gasteiger partial charge in [-0.05, 0) is 30.4 Å². The van der Waals surface area contributed by atoms with Gasteiger partial charge in [-0.3, -0.25) is 9.88 Å². The number of rotatable bonds is 2. The molecule has 0 saturated carbocycles. The average Bonchev–Trinajstić information content (AvgIpc) is 2.98. The zero-order valence-electron chi connectivity index (χ0n) is 15.5. The van der Waals surface area contributed by atoms with Gasteiger partial charge in [0.25, 0.3) is 0 Å². The second-order valence-electron chi connectivity index (χ2n) is 7.94. The number of piperidine rings is 1. The molecule has 0 amide bonds. The van der Waals surface area contributed by atoms with Gasteiger partial charge in [-0.1, -0.05) is 36.4 Å². The van der Waals surface area contributed by atoms with Crippen LogP contribution in [-0.2, 0) is 5.41 Å². The smallest absolute Gasteiger partial charge is 0.147 e. The quantitative estimate of drug-likeness (QED) is 0.833. The van der Waals surface area contributed by atoms with E-state index in [0.717, 1.165) is 51.3 Å². The van der Waals surface area contributed by atoms with Gasteiger partial charge < -0.3 is 10.0 Å². The molecule has 27 heavy (non-hydrogen) atoms. The zero-order chi connectivity index (χ0) is 18.3. The van der Waals surface area contributed by atoms with Gasteiger partial charge in [-0.15, -0.1) is 0 Å². The summed E-state index contributed by atoms with van der Waals surface area (Å²) in [6.45, 7) is 3.75. The fourth-order valence-electron chi connectivity index (χ4n) is 5.30. The van der Waals surface area contributed by atoms with Crippen LogP contribution in [0.5, 0.6) is 0 Å². The average molecular weight is 362 g/mol. The Balaban J connectivity index is 1.45. The highest BCUT2D eigenvalue weighted by Gasteiger charge is 2.54. The molecule has 1 saturated heterocycles. The van der Waals surface area contributed by atoms with Crippen molar-refractivity contribution < 1.29 is 5.11 Å². The Bertz CT molecular complexity index is 829. The van der Waals surface area contributed by atoms with Crippen molar-refractivity contribution in [3.05, 3.63) is 66.1 Å². The van der Waals surface area contributed by atoms with E-state index >= 15 is 0 Å². The Morgan fingerprint density at radius 2 is 1.89 bits per heavy atom. The van der Waals surface area contributed by atoms with Crippen LogP contribution < -0.4 is 4.90 Å². The van der Waals surface area contributed by atoms with Gasteiger partial charge in [0.2, 0.25) is 0 Å². The first-order valence-electron chi connectivity index (χ1n) is 9.97. The Kier molecular flexibility index (Phi) is 4.21. The van der Waals surface area contributed by atoms with Crippen molar-refractivity contribution in [2.24, 2.45) is 0 Å². The summed E-state index contributed by atoms with van der Waals surface area (Å²) in [4.78, 5) is 13.4. The van der Waals surface area contributed by atoms with Gasteiger partial charge in [0, 0.05) is 44.0 Å². The number of nitrogens with zero attached hydrogens (tertiary/aromatic N) is 4. The molecule has 1 aromatic heterocycles. The molecule has 2 aliphatic heterocycles. The van der Waals surface area contributed by atoms with E-state index in [-0.39, 0.29) is 17.6 Å². The lowest BCUT2D eigenvalue weighted by Crippen LogP contribution is -2.50. The number of aliphatic hydroxyl groups is 1. The molecular formula is C22H26N4O. The van der Waals surface area contributed by atoms with Crippen molar-refractivity contribution in [1.29, 1.82) is 0 Å². The summed E-state index contributed by atoms with van der Waals surface area (Å²) in [5, 5.41) is 11.6. The topological polar surface area (TPSA) is 52.5 Å². The summed E-state index contributed by atoms with van der Waals surface area (Å²) < 4.78 is 0. The summed E-state index contributed by atoms with van der Waals surface area (Å²) in [7, 11) is 0. The minimum Gasteiger partial charge on any atom is -0.390 e. The number of anilines is 1. The Hall–Kier alpha value is -2.24. The van der Waals surface area contributed by atoms with E-state index in [1.54, 1.807) is 12.4 Å². The number of benzene rings is 1. The predicted octanol–water partition coefficient (Wildman–Crippen LogP) is 2.69. The van der Waals surface area contributed by atoms with Gasteiger partial charge >= 0.3 is 0 Å². The second-order valence-corrected chi connectivity index (χ2v) is 7.94. The van der Waals surface area contributed by atoms with Crippen molar-refractivity contribution in [2.45, 2.75) is 36.8 Å². The summed E-state index contributed by atoms with van der Waals surface area (Å²) in [5.41, 5.74) is 2.53. The standard InChI is InChI=1S/C22H26N4O/c27-21-20(26-12-4-1-5-13-26)17-6-2-3-7-18(17)22(21)8-14-25(15-9-22)19-16-23-10-11-24-19/h1-4,6-7,10-11,16,20-21,27H,5,8-9,12-15H2/t20-,21+/m0/s1. The van der Waals surface area contributed by atoms with Crippen LogP contribution in [-0.4, -0.2) is 52.3 Å². The molecule has 5 nitrogen and oxygen atoms in total. The van der Waals surface area contributed by atoms with Crippen molar-refractivity contribution in [1.82, 2.24) is 14.9 Å². The van der Waals surface area contributed by atoms with E-state index in [2.05, 4.69) is 56.2 Å². The van der Waals surface area contributed by atoms with E-state index in [1.807, 2.05) is 6.20 Å². The number of hydrogen-bond acceptors (Lipinski definition) is 5. The minimum absolute atomic E-state index is 0.106. The number of hydrogen-bond donors (Lipinski definition) is 1. The highest BCUT2D eigenvalue weighted by atomic mass is 16.3. The largest absolute Gasteiger partial charge is 0.390 e. The van der Waals surface area contributed by atoms with E-state index in [9.17, 15) is 5.11 Å². The maximum atomic E-state index is 11.6. The summed E-state index contributed by atoms with van der Waals surface area (Å²) in [6, 6.07) is 8.82. The maximum absolute atomic E-state index is 11.6. The molecule has 1 aliphatic carbocycles. The third kappa shape index (κ3) is 2.68. The van der Waals surface area contributed by atoms with E-state index in [0.29, 0.717) is 0 Å². The molecule has 3 heterocycles. The van der Waals surface area contributed by atoms with Crippen LogP contribution in [0, 0.1) is 0 Å². The fraction of sp³-hybridized carbons (Fsp3) is 0.455. The molecule has 1 fully saturated rings. The second kappa shape index (κ2) is 6.73. The van der Waals surface area contributed by atoms with Gasteiger partial charge in [0.15, 0.2) is 0 Å². The first-order chi connectivity index (χ1) is 13.3. The van der Waals surface area contributed by atoms with Gasteiger partial charge in [-0.25, -0.2) is 4.98 Å². The molecule has 2 atom stereocenters. The molecule has 0 bridgehead atoms. The maximum Gasteiger partial charge on any atom is 0.147 e. The molecule has 1 aromatic carbocycles.